The lowest BCUT2D eigenvalue weighted by molar-refractivity contribution is 0.102. The molecule has 2 aromatic heterocycles. The summed E-state index contributed by atoms with van der Waals surface area (Å²) in [5.41, 5.74) is 2.54. The Morgan fingerprint density at radius 2 is 2.23 bits per heavy atom. The number of carbonyl (C=O) groups excluding carboxylic acids is 1. The van der Waals surface area contributed by atoms with Gasteiger partial charge in [-0.15, -0.1) is 11.3 Å². The second kappa shape index (κ2) is 7.35. The molecule has 0 bridgehead atoms. The molecule has 1 saturated heterocycles. The quantitative estimate of drug-likeness (QED) is 0.719. The van der Waals surface area contributed by atoms with Crippen LogP contribution in [0.25, 0.3) is 0 Å². The lowest BCUT2D eigenvalue weighted by Crippen LogP contribution is -2.22. The van der Waals surface area contributed by atoms with E-state index in [-0.39, 0.29) is 17.8 Å². The summed E-state index contributed by atoms with van der Waals surface area (Å²) in [6, 6.07) is 5.71. The number of hydrogen-bond donors (Lipinski definition) is 2. The van der Waals surface area contributed by atoms with Crippen LogP contribution in [-0.4, -0.2) is 32.5 Å². The van der Waals surface area contributed by atoms with Crippen LogP contribution in [0.5, 0.6) is 0 Å². The lowest BCUT2D eigenvalue weighted by Gasteiger charge is -2.22. The Morgan fingerprint density at radius 1 is 1.38 bits per heavy atom. The normalized spacial score (nSPS) is 17.5. The molecule has 0 spiro atoms. The molecule has 8 heteroatoms. The van der Waals surface area contributed by atoms with Crippen LogP contribution in [0.3, 0.4) is 0 Å². The minimum absolute atomic E-state index is 0.248. The summed E-state index contributed by atoms with van der Waals surface area (Å²) in [4.78, 5) is 19.2. The standard InChI is InChI=1S/C18H18FN5OS/c19-14-5-3-13(4-6-14)17(25)23-18-22-15(11-26-18)16-2-1-7-24(16)10-12-8-20-21-9-12/h3-6,8-9,11,16H,1-2,7,10H2,(H,20,21)(H,22,23,25)/t16-/m0/s1. The molecule has 0 unspecified atom stereocenters. The third-order valence-electron chi connectivity index (χ3n) is 4.49. The second-order valence-corrected chi connectivity index (χ2v) is 7.13. The van der Waals surface area contributed by atoms with E-state index in [4.69, 9.17) is 0 Å². The van der Waals surface area contributed by atoms with Crippen LogP contribution in [0.1, 0.15) is 40.5 Å². The smallest absolute Gasteiger partial charge is 0.257 e. The number of hydrogen-bond acceptors (Lipinski definition) is 5. The zero-order valence-corrected chi connectivity index (χ0v) is 14.8. The summed E-state index contributed by atoms with van der Waals surface area (Å²) in [5, 5.41) is 12.2. The first kappa shape index (κ1) is 16.9. The number of benzene rings is 1. The number of H-pyrrole nitrogens is 1. The Morgan fingerprint density at radius 3 is 3.00 bits per heavy atom. The van der Waals surface area contributed by atoms with E-state index in [0.717, 1.165) is 37.2 Å². The van der Waals surface area contributed by atoms with Gasteiger partial charge in [0.15, 0.2) is 5.13 Å². The second-order valence-electron chi connectivity index (χ2n) is 6.27. The summed E-state index contributed by atoms with van der Waals surface area (Å²) in [7, 11) is 0. The third kappa shape index (κ3) is 3.66. The SMILES string of the molecule is O=C(Nc1nc([C@@H]2CCCN2Cc2cn[nH]c2)cs1)c1ccc(F)cc1. The number of nitrogens with one attached hydrogen (secondary N) is 2. The minimum atomic E-state index is -0.364. The first-order chi connectivity index (χ1) is 12.7. The molecule has 3 aromatic rings. The third-order valence-corrected chi connectivity index (χ3v) is 5.27. The van der Waals surface area contributed by atoms with Gasteiger partial charge in [-0.25, -0.2) is 9.37 Å². The van der Waals surface area contributed by atoms with Crippen molar-refractivity contribution >= 4 is 22.4 Å². The molecule has 1 aliphatic rings. The van der Waals surface area contributed by atoms with Gasteiger partial charge in [-0.1, -0.05) is 0 Å². The first-order valence-corrected chi connectivity index (χ1v) is 9.31. The number of aromatic amines is 1. The molecule has 0 radical (unpaired) electrons. The fourth-order valence-electron chi connectivity index (χ4n) is 3.22. The molecule has 0 aliphatic carbocycles. The van der Waals surface area contributed by atoms with Crippen LogP contribution in [0.15, 0.2) is 42.0 Å². The van der Waals surface area contributed by atoms with Crippen molar-refractivity contribution in [2.24, 2.45) is 0 Å². The Balaban J connectivity index is 1.43. The van der Waals surface area contributed by atoms with E-state index in [2.05, 4.69) is 25.4 Å². The average Bonchev–Trinajstić information content (AvgIpc) is 3.38. The van der Waals surface area contributed by atoms with Gasteiger partial charge in [0.1, 0.15) is 5.82 Å². The van der Waals surface area contributed by atoms with Crippen LogP contribution < -0.4 is 5.32 Å². The highest BCUT2D eigenvalue weighted by atomic mass is 32.1. The van der Waals surface area contributed by atoms with Gasteiger partial charge in [-0.3, -0.25) is 20.1 Å². The molecule has 4 rings (SSSR count). The van der Waals surface area contributed by atoms with Gasteiger partial charge in [0.05, 0.1) is 17.9 Å². The number of likely N-dealkylation sites (tertiary alicyclic amines) is 1. The van der Waals surface area contributed by atoms with Gasteiger partial charge in [-0.05, 0) is 43.7 Å². The van der Waals surface area contributed by atoms with Gasteiger partial charge in [-0.2, -0.15) is 5.10 Å². The van der Waals surface area contributed by atoms with Crippen molar-refractivity contribution in [1.82, 2.24) is 20.1 Å². The largest absolute Gasteiger partial charge is 0.298 e. The van der Waals surface area contributed by atoms with E-state index in [1.165, 1.54) is 35.6 Å². The highest BCUT2D eigenvalue weighted by molar-refractivity contribution is 7.14. The number of carbonyl (C=O) groups is 1. The molecule has 26 heavy (non-hydrogen) atoms. The molecular weight excluding hydrogens is 353 g/mol. The fourth-order valence-corrected chi connectivity index (χ4v) is 3.97. The van der Waals surface area contributed by atoms with E-state index in [1.54, 1.807) is 0 Å². The number of nitrogens with zero attached hydrogens (tertiary/aromatic N) is 3. The number of amides is 1. The maximum atomic E-state index is 13.0. The van der Waals surface area contributed by atoms with Crippen molar-refractivity contribution in [3.05, 3.63) is 64.7 Å². The van der Waals surface area contributed by atoms with E-state index < -0.39 is 0 Å². The van der Waals surface area contributed by atoms with Gasteiger partial charge in [0.2, 0.25) is 0 Å². The predicted molar refractivity (Wildman–Crippen MR) is 97.4 cm³/mol. The Bertz CT molecular complexity index is 877. The van der Waals surface area contributed by atoms with Crippen molar-refractivity contribution in [3.63, 3.8) is 0 Å². The van der Waals surface area contributed by atoms with E-state index in [9.17, 15) is 9.18 Å². The molecule has 1 aliphatic heterocycles. The Hall–Kier alpha value is -2.58. The molecule has 2 N–H and O–H groups in total. The van der Waals surface area contributed by atoms with Crippen LogP contribution in [0.2, 0.25) is 0 Å². The zero-order valence-electron chi connectivity index (χ0n) is 14.0. The zero-order chi connectivity index (χ0) is 17.9. The molecular formula is C18H18FN5OS. The van der Waals surface area contributed by atoms with E-state index in [0.29, 0.717) is 10.7 Å². The number of thiazole rings is 1. The molecule has 1 atom stereocenters. The molecule has 3 heterocycles. The number of anilines is 1. The topological polar surface area (TPSA) is 73.9 Å². The summed E-state index contributed by atoms with van der Waals surface area (Å²) in [6.07, 6.45) is 5.92. The summed E-state index contributed by atoms with van der Waals surface area (Å²) in [6.45, 7) is 1.85. The minimum Gasteiger partial charge on any atom is -0.298 e. The lowest BCUT2D eigenvalue weighted by atomic mass is 10.1. The summed E-state index contributed by atoms with van der Waals surface area (Å²) >= 11 is 1.41. The van der Waals surface area contributed by atoms with Gasteiger partial charge < -0.3 is 0 Å². The molecule has 1 amide bonds. The molecule has 1 fully saturated rings. The van der Waals surface area contributed by atoms with Gasteiger partial charge in [0, 0.05) is 29.2 Å². The summed E-state index contributed by atoms with van der Waals surface area (Å²) in [5.74, 6) is -0.649. The monoisotopic (exact) mass is 371 g/mol. The first-order valence-electron chi connectivity index (χ1n) is 8.43. The van der Waals surface area contributed by atoms with Crippen molar-refractivity contribution in [1.29, 1.82) is 0 Å². The van der Waals surface area contributed by atoms with Crippen LogP contribution in [0.4, 0.5) is 9.52 Å². The van der Waals surface area contributed by atoms with Crippen LogP contribution in [-0.2, 0) is 6.54 Å². The number of rotatable bonds is 5. The maximum Gasteiger partial charge on any atom is 0.257 e. The maximum absolute atomic E-state index is 13.0. The number of aromatic nitrogens is 3. The highest BCUT2D eigenvalue weighted by Crippen LogP contribution is 2.34. The van der Waals surface area contributed by atoms with Crippen molar-refractivity contribution < 1.29 is 9.18 Å². The molecule has 134 valence electrons. The van der Waals surface area contributed by atoms with Crippen LogP contribution >= 0.6 is 11.3 Å². The van der Waals surface area contributed by atoms with E-state index >= 15 is 0 Å². The fraction of sp³-hybridized carbons (Fsp3) is 0.278. The predicted octanol–water partition coefficient (Wildman–Crippen LogP) is 3.59. The molecule has 1 aromatic carbocycles. The Labute approximate surface area is 154 Å². The number of halogens is 1. The van der Waals surface area contributed by atoms with Crippen molar-refractivity contribution in [2.75, 3.05) is 11.9 Å². The van der Waals surface area contributed by atoms with Gasteiger partial charge >= 0.3 is 0 Å². The average molecular weight is 371 g/mol. The van der Waals surface area contributed by atoms with Crippen molar-refractivity contribution in [2.45, 2.75) is 25.4 Å². The van der Waals surface area contributed by atoms with Gasteiger partial charge in [0.25, 0.3) is 5.91 Å². The highest BCUT2D eigenvalue weighted by Gasteiger charge is 2.28. The molecule has 6 nitrogen and oxygen atoms in total. The summed E-state index contributed by atoms with van der Waals surface area (Å²) < 4.78 is 13.0. The van der Waals surface area contributed by atoms with Crippen LogP contribution in [0, 0.1) is 5.82 Å². The van der Waals surface area contributed by atoms with Crippen molar-refractivity contribution in [3.8, 4) is 0 Å². The molecule has 0 saturated carbocycles. The Kier molecular flexibility index (Phi) is 4.77. The van der Waals surface area contributed by atoms with E-state index in [1.807, 2.05) is 17.8 Å².